The van der Waals surface area contributed by atoms with Crippen LogP contribution in [0.15, 0.2) is 22.7 Å². The highest BCUT2D eigenvalue weighted by molar-refractivity contribution is 9.10. The molecular formula is C12H13BrFNO2. The van der Waals surface area contributed by atoms with E-state index in [0.717, 1.165) is 4.47 Å². The SMILES string of the molecule is O=C(O)[C@@H]1CCN(Cc2cc(Br)ccc2F)C1. The number of rotatable bonds is 3. The molecule has 1 aromatic carbocycles. The van der Waals surface area contributed by atoms with E-state index in [-0.39, 0.29) is 11.7 Å². The number of aliphatic carboxylic acids is 1. The topological polar surface area (TPSA) is 40.5 Å². The molecule has 1 heterocycles. The first kappa shape index (κ1) is 12.5. The van der Waals surface area contributed by atoms with Crippen LogP contribution in [0.2, 0.25) is 0 Å². The molecule has 1 saturated heterocycles. The molecule has 0 unspecified atom stereocenters. The Morgan fingerprint density at radius 1 is 1.59 bits per heavy atom. The lowest BCUT2D eigenvalue weighted by molar-refractivity contribution is -0.141. The number of carboxylic acid groups (broad SMARTS) is 1. The Morgan fingerprint density at radius 3 is 3.00 bits per heavy atom. The van der Waals surface area contributed by atoms with Crippen LogP contribution >= 0.6 is 15.9 Å². The Bertz CT molecular complexity index is 439. The van der Waals surface area contributed by atoms with Gasteiger partial charge in [0, 0.05) is 23.1 Å². The van der Waals surface area contributed by atoms with Gasteiger partial charge in [-0.05, 0) is 31.2 Å². The van der Waals surface area contributed by atoms with Gasteiger partial charge in [-0.25, -0.2) is 4.39 Å². The minimum atomic E-state index is -0.762. The van der Waals surface area contributed by atoms with Gasteiger partial charge in [-0.1, -0.05) is 15.9 Å². The number of hydrogen-bond donors (Lipinski definition) is 1. The summed E-state index contributed by atoms with van der Waals surface area (Å²) in [4.78, 5) is 12.8. The maximum atomic E-state index is 13.5. The molecule has 0 bridgehead atoms. The van der Waals surface area contributed by atoms with Crippen LogP contribution in [0.25, 0.3) is 0 Å². The van der Waals surface area contributed by atoms with Crippen molar-refractivity contribution in [1.29, 1.82) is 0 Å². The minimum absolute atomic E-state index is 0.244. The highest BCUT2D eigenvalue weighted by Gasteiger charge is 2.28. The van der Waals surface area contributed by atoms with Crippen LogP contribution in [0.3, 0.4) is 0 Å². The average molecular weight is 302 g/mol. The molecule has 17 heavy (non-hydrogen) atoms. The molecular weight excluding hydrogens is 289 g/mol. The first-order valence-corrected chi connectivity index (χ1v) is 6.24. The highest BCUT2D eigenvalue weighted by atomic mass is 79.9. The van der Waals surface area contributed by atoms with E-state index in [9.17, 15) is 9.18 Å². The molecule has 0 saturated carbocycles. The summed E-state index contributed by atoms with van der Waals surface area (Å²) in [6.45, 7) is 1.68. The number of likely N-dealkylation sites (tertiary alicyclic amines) is 1. The molecule has 0 aliphatic carbocycles. The van der Waals surface area contributed by atoms with E-state index >= 15 is 0 Å². The number of hydrogen-bond acceptors (Lipinski definition) is 2. The fourth-order valence-corrected chi connectivity index (χ4v) is 2.49. The standard InChI is InChI=1S/C12H13BrFNO2/c13-10-1-2-11(14)9(5-10)7-15-4-3-8(6-15)12(16)17/h1-2,5,8H,3-4,6-7H2,(H,16,17)/t8-/m1/s1. The fraction of sp³-hybridized carbons (Fsp3) is 0.417. The molecule has 0 aromatic heterocycles. The summed E-state index contributed by atoms with van der Waals surface area (Å²) in [5, 5.41) is 8.89. The molecule has 5 heteroatoms. The molecule has 3 nitrogen and oxygen atoms in total. The van der Waals surface area contributed by atoms with Crippen molar-refractivity contribution >= 4 is 21.9 Å². The first-order chi connectivity index (χ1) is 8.06. The van der Waals surface area contributed by atoms with Gasteiger partial charge in [0.25, 0.3) is 0 Å². The van der Waals surface area contributed by atoms with Crippen LogP contribution in [0, 0.1) is 11.7 Å². The van der Waals surface area contributed by atoms with Crippen molar-refractivity contribution < 1.29 is 14.3 Å². The minimum Gasteiger partial charge on any atom is -0.481 e. The number of carbonyl (C=O) groups is 1. The third-order valence-electron chi connectivity index (χ3n) is 3.02. The highest BCUT2D eigenvalue weighted by Crippen LogP contribution is 2.22. The predicted molar refractivity (Wildman–Crippen MR) is 65.1 cm³/mol. The largest absolute Gasteiger partial charge is 0.481 e. The van der Waals surface area contributed by atoms with Crippen LogP contribution in [0.1, 0.15) is 12.0 Å². The third-order valence-corrected chi connectivity index (χ3v) is 3.52. The van der Waals surface area contributed by atoms with Gasteiger partial charge in [0.15, 0.2) is 0 Å². The van der Waals surface area contributed by atoms with Gasteiger partial charge in [0.05, 0.1) is 5.92 Å². The molecule has 92 valence electrons. The van der Waals surface area contributed by atoms with Crippen LogP contribution in [-0.2, 0) is 11.3 Å². The maximum absolute atomic E-state index is 13.5. The van der Waals surface area contributed by atoms with E-state index in [1.54, 1.807) is 12.1 Å². The van der Waals surface area contributed by atoms with Crippen molar-refractivity contribution in [3.63, 3.8) is 0 Å². The lowest BCUT2D eigenvalue weighted by Gasteiger charge is -2.15. The molecule has 2 rings (SSSR count). The van der Waals surface area contributed by atoms with Crippen molar-refractivity contribution in [3.05, 3.63) is 34.1 Å². The Labute approximate surface area is 107 Å². The van der Waals surface area contributed by atoms with Crippen molar-refractivity contribution in [2.45, 2.75) is 13.0 Å². The fourth-order valence-electron chi connectivity index (χ4n) is 2.08. The Kier molecular flexibility index (Phi) is 3.79. The number of carboxylic acids is 1. The second-order valence-electron chi connectivity index (χ2n) is 4.29. The van der Waals surface area contributed by atoms with E-state index in [1.807, 2.05) is 4.90 Å². The molecule has 0 spiro atoms. The summed E-state index contributed by atoms with van der Waals surface area (Å²) in [6.07, 6.45) is 0.644. The number of nitrogens with zero attached hydrogens (tertiary/aromatic N) is 1. The van der Waals surface area contributed by atoms with E-state index in [4.69, 9.17) is 5.11 Å². The summed E-state index contributed by atoms with van der Waals surface area (Å²) in [6, 6.07) is 4.82. The molecule has 1 aliphatic heterocycles. The maximum Gasteiger partial charge on any atom is 0.307 e. The Hall–Kier alpha value is -0.940. The second kappa shape index (κ2) is 5.14. The molecule has 1 fully saturated rings. The van der Waals surface area contributed by atoms with Crippen molar-refractivity contribution in [1.82, 2.24) is 4.90 Å². The molecule has 1 atom stereocenters. The van der Waals surface area contributed by atoms with Gasteiger partial charge in [-0.2, -0.15) is 0 Å². The lowest BCUT2D eigenvalue weighted by Crippen LogP contribution is -2.23. The summed E-state index contributed by atoms with van der Waals surface area (Å²) < 4.78 is 14.4. The summed E-state index contributed by atoms with van der Waals surface area (Å²) >= 11 is 3.30. The normalized spacial score (nSPS) is 20.7. The van der Waals surface area contributed by atoms with E-state index < -0.39 is 5.97 Å². The van der Waals surface area contributed by atoms with Gasteiger partial charge >= 0.3 is 5.97 Å². The van der Waals surface area contributed by atoms with Gasteiger partial charge in [0.1, 0.15) is 5.82 Å². The van der Waals surface area contributed by atoms with Crippen molar-refractivity contribution in [3.8, 4) is 0 Å². The zero-order chi connectivity index (χ0) is 12.4. The third kappa shape index (κ3) is 3.04. The monoisotopic (exact) mass is 301 g/mol. The molecule has 1 aliphatic rings. The molecule has 1 N–H and O–H groups in total. The quantitative estimate of drug-likeness (QED) is 0.932. The van der Waals surface area contributed by atoms with Crippen LogP contribution in [0.5, 0.6) is 0 Å². The first-order valence-electron chi connectivity index (χ1n) is 5.45. The van der Waals surface area contributed by atoms with Crippen LogP contribution < -0.4 is 0 Å². The van der Waals surface area contributed by atoms with Crippen LogP contribution in [0.4, 0.5) is 4.39 Å². The van der Waals surface area contributed by atoms with E-state index in [0.29, 0.717) is 31.6 Å². The summed E-state index contributed by atoms with van der Waals surface area (Å²) in [7, 11) is 0. The van der Waals surface area contributed by atoms with Gasteiger partial charge < -0.3 is 5.11 Å². The second-order valence-corrected chi connectivity index (χ2v) is 5.21. The zero-order valence-electron chi connectivity index (χ0n) is 9.20. The van der Waals surface area contributed by atoms with Crippen LogP contribution in [-0.4, -0.2) is 29.1 Å². The summed E-state index contributed by atoms with van der Waals surface area (Å²) in [5.41, 5.74) is 0.602. The Morgan fingerprint density at radius 2 is 2.35 bits per heavy atom. The van der Waals surface area contributed by atoms with Crippen molar-refractivity contribution in [2.24, 2.45) is 5.92 Å². The van der Waals surface area contributed by atoms with Gasteiger partial charge in [-0.15, -0.1) is 0 Å². The predicted octanol–water partition coefficient (Wildman–Crippen LogP) is 2.49. The number of benzene rings is 1. The molecule has 1 aromatic rings. The lowest BCUT2D eigenvalue weighted by atomic mass is 10.1. The van der Waals surface area contributed by atoms with Gasteiger partial charge in [-0.3, -0.25) is 9.69 Å². The van der Waals surface area contributed by atoms with E-state index in [1.165, 1.54) is 6.07 Å². The van der Waals surface area contributed by atoms with E-state index in [2.05, 4.69) is 15.9 Å². The zero-order valence-corrected chi connectivity index (χ0v) is 10.8. The smallest absolute Gasteiger partial charge is 0.307 e. The Balaban J connectivity index is 2.02. The number of halogens is 2. The summed E-state index contributed by atoms with van der Waals surface area (Å²) in [5.74, 6) is -1.32. The van der Waals surface area contributed by atoms with Crippen molar-refractivity contribution in [2.75, 3.05) is 13.1 Å². The molecule has 0 amide bonds. The van der Waals surface area contributed by atoms with Gasteiger partial charge in [0.2, 0.25) is 0 Å². The average Bonchev–Trinajstić information content (AvgIpc) is 2.72. The molecule has 0 radical (unpaired) electrons.